The number of nitrogens with one attached hydrogen (secondary N) is 2. The van der Waals surface area contributed by atoms with Crippen LogP contribution in [0.3, 0.4) is 0 Å². The third-order valence-corrected chi connectivity index (χ3v) is 6.54. The van der Waals surface area contributed by atoms with E-state index in [0.29, 0.717) is 0 Å². The van der Waals surface area contributed by atoms with Crippen LogP contribution in [0.15, 0.2) is 16.4 Å². The molecule has 156 valence electrons. The van der Waals surface area contributed by atoms with Crippen molar-refractivity contribution in [2.45, 2.75) is 52.0 Å². The zero-order valence-electron chi connectivity index (χ0n) is 17.2. The van der Waals surface area contributed by atoms with Gasteiger partial charge in [0.05, 0.1) is 0 Å². The van der Waals surface area contributed by atoms with Crippen molar-refractivity contribution in [1.82, 2.24) is 20.4 Å². The van der Waals surface area contributed by atoms with Crippen molar-refractivity contribution in [2.24, 2.45) is 4.99 Å². The van der Waals surface area contributed by atoms with Crippen LogP contribution in [0.25, 0.3) is 0 Å². The highest BCUT2D eigenvalue weighted by molar-refractivity contribution is 7.10. The molecule has 0 bridgehead atoms. The van der Waals surface area contributed by atoms with Gasteiger partial charge in [0.2, 0.25) is 5.91 Å². The quantitative estimate of drug-likeness (QED) is 0.416. The summed E-state index contributed by atoms with van der Waals surface area (Å²) in [6.45, 7) is 9.11. The fourth-order valence-electron chi connectivity index (χ4n) is 3.92. The van der Waals surface area contributed by atoms with E-state index < -0.39 is 0 Å². The summed E-state index contributed by atoms with van der Waals surface area (Å²) in [5.74, 6) is 0.860. The fraction of sp³-hybridized carbons (Fsp3) is 0.714. The Morgan fingerprint density at radius 3 is 2.79 bits per heavy atom. The molecule has 2 aliphatic rings. The van der Waals surface area contributed by atoms with Gasteiger partial charge in [-0.1, -0.05) is 12.8 Å². The third kappa shape index (κ3) is 6.48. The van der Waals surface area contributed by atoms with E-state index in [2.05, 4.69) is 38.9 Å². The van der Waals surface area contributed by atoms with E-state index in [1.165, 1.54) is 49.2 Å². The van der Waals surface area contributed by atoms with Crippen LogP contribution in [0.1, 0.15) is 49.5 Å². The Morgan fingerprint density at radius 1 is 1.18 bits per heavy atom. The first kappa shape index (κ1) is 21.1. The van der Waals surface area contributed by atoms with Crippen molar-refractivity contribution in [2.75, 3.05) is 45.8 Å². The molecule has 2 N–H and O–H groups in total. The van der Waals surface area contributed by atoms with Gasteiger partial charge in [-0.05, 0) is 69.3 Å². The number of hydrogen-bond donors (Lipinski definition) is 2. The number of fused-ring (bicyclic) bond motifs is 1. The number of thiophene rings is 1. The summed E-state index contributed by atoms with van der Waals surface area (Å²) < 4.78 is 0. The van der Waals surface area contributed by atoms with E-state index in [4.69, 9.17) is 0 Å². The molecule has 28 heavy (non-hydrogen) atoms. The van der Waals surface area contributed by atoms with E-state index in [1.54, 1.807) is 11.3 Å². The first-order valence-corrected chi connectivity index (χ1v) is 11.7. The van der Waals surface area contributed by atoms with Crippen molar-refractivity contribution in [1.29, 1.82) is 0 Å². The number of likely N-dealkylation sites (tertiary alicyclic amines) is 1. The average Bonchev–Trinajstić information content (AvgIpc) is 3.03. The monoisotopic (exact) mass is 405 g/mol. The predicted octanol–water partition coefficient (Wildman–Crippen LogP) is 2.45. The molecule has 3 rings (SSSR count). The van der Waals surface area contributed by atoms with Crippen LogP contribution in [-0.4, -0.2) is 67.5 Å². The topological polar surface area (TPSA) is 60.0 Å². The van der Waals surface area contributed by atoms with Gasteiger partial charge in [0.15, 0.2) is 5.96 Å². The number of rotatable bonds is 7. The summed E-state index contributed by atoms with van der Waals surface area (Å²) in [6.07, 6.45) is 7.50. The summed E-state index contributed by atoms with van der Waals surface area (Å²) in [6, 6.07) is 2.14. The molecule has 0 aromatic carbocycles. The van der Waals surface area contributed by atoms with Crippen molar-refractivity contribution in [3.05, 3.63) is 21.9 Å². The molecule has 0 atom stereocenters. The lowest BCUT2D eigenvalue weighted by molar-refractivity contribution is -0.130. The number of nitrogens with zero attached hydrogens (tertiary/aromatic N) is 3. The minimum absolute atomic E-state index is 0.110. The Morgan fingerprint density at radius 2 is 2.00 bits per heavy atom. The molecule has 1 fully saturated rings. The molecule has 0 saturated carbocycles. The number of carbonyl (C=O) groups is 1. The van der Waals surface area contributed by atoms with Crippen molar-refractivity contribution in [3.8, 4) is 0 Å². The second kappa shape index (κ2) is 11.4. The summed E-state index contributed by atoms with van der Waals surface area (Å²) in [4.78, 5) is 23.0. The molecular weight excluding hydrogens is 370 g/mol. The summed E-state index contributed by atoms with van der Waals surface area (Å²) in [5.41, 5.74) is 1.30. The van der Waals surface area contributed by atoms with Crippen LogP contribution in [-0.2, 0) is 17.8 Å². The van der Waals surface area contributed by atoms with Crippen molar-refractivity contribution >= 4 is 23.2 Å². The molecule has 0 aliphatic carbocycles. The summed E-state index contributed by atoms with van der Waals surface area (Å²) in [7, 11) is 0. The van der Waals surface area contributed by atoms with Crippen LogP contribution < -0.4 is 10.6 Å². The molecule has 0 spiro atoms. The van der Waals surface area contributed by atoms with Crippen LogP contribution in [0.5, 0.6) is 0 Å². The number of guanidine groups is 1. The lowest BCUT2D eigenvalue weighted by atomic mass is 10.1. The van der Waals surface area contributed by atoms with Crippen LogP contribution in [0.2, 0.25) is 0 Å². The van der Waals surface area contributed by atoms with E-state index in [1.807, 2.05) is 4.90 Å². The number of carbonyl (C=O) groups excluding carboxylic acids is 1. The second-order valence-electron chi connectivity index (χ2n) is 7.67. The van der Waals surface area contributed by atoms with Gasteiger partial charge in [0.25, 0.3) is 0 Å². The van der Waals surface area contributed by atoms with Gasteiger partial charge >= 0.3 is 0 Å². The average molecular weight is 406 g/mol. The lowest BCUT2D eigenvalue weighted by Gasteiger charge is -2.26. The standard InChI is InChI=1S/C21H35N5OS/c1-2-22-21(23-10-7-13-25-11-5-3-4-6-12-25)24-16-20(27)26-14-8-19-18(17-26)9-15-28-19/h9,15H,2-8,10-14,16-17H2,1H3,(H2,22,23,24). The minimum atomic E-state index is 0.110. The van der Waals surface area contributed by atoms with E-state index >= 15 is 0 Å². The van der Waals surface area contributed by atoms with Gasteiger partial charge in [-0.2, -0.15) is 0 Å². The maximum atomic E-state index is 12.6. The molecule has 1 aromatic rings. The van der Waals surface area contributed by atoms with Crippen LogP contribution >= 0.6 is 11.3 Å². The highest BCUT2D eigenvalue weighted by Crippen LogP contribution is 2.23. The van der Waals surface area contributed by atoms with Crippen molar-refractivity contribution < 1.29 is 4.79 Å². The minimum Gasteiger partial charge on any atom is -0.357 e. The van der Waals surface area contributed by atoms with Gasteiger partial charge in [0.1, 0.15) is 6.54 Å². The van der Waals surface area contributed by atoms with Gasteiger partial charge in [-0.15, -0.1) is 11.3 Å². The Hall–Kier alpha value is -1.60. The van der Waals surface area contributed by atoms with E-state index in [0.717, 1.165) is 51.5 Å². The first-order valence-electron chi connectivity index (χ1n) is 10.8. The predicted molar refractivity (Wildman–Crippen MR) is 117 cm³/mol. The Kier molecular flexibility index (Phi) is 8.61. The third-order valence-electron chi connectivity index (χ3n) is 5.52. The smallest absolute Gasteiger partial charge is 0.244 e. The molecule has 0 radical (unpaired) electrons. The first-order chi connectivity index (χ1) is 13.8. The number of hydrogen-bond acceptors (Lipinski definition) is 4. The van der Waals surface area contributed by atoms with Gasteiger partial charge < -0.3 is 20.4 Å². The van der Waals surface area contributed by atoms with Gasteiger partial charge in [-0.25, -0.2) is 4.99 Å². The lowest BCUT2D eigenvalue weighted by Crippen LogP contribution is -2.41. The Bertz CT molecular complexity index is 636. The van der Waals surface area contributed by atoms with Gasteiger partial charge in [0, 0.05) is 31.1 Å². The van der Waals surface area contributed by atoms with Gasteiger partial charge in [-0.3, -0.25) is 4.79 Å². The van der Waals surface area contributed by atoms with E-state index in [9.17, 15) is 4.79 Å². The molecule has 1 aromatic heterocycles. The molecule has 0 unspecified atom stereocenters. The highest BCUT2D eigenvalue weighted by atomic mass is 32.1. The Labute approximate surface area is 173 Å². The maximum absolute atomic E-state index is 12.6. The zero-order valence-corrected chi connectivity index (χ0v) is 18.0. The summed E-state index contributed by atoms with van der Waals surface area (Å²) >= 11 is 1.80. The van der Waals surface area contributed by atoms with Crippen LogP contribution in [0, 0.1) is 0 Å². The number of amides is 1. The molecule has 1 amide bonds. The zero-order chi connectivity index (χ0) is 19.6. The molecule has 6 nitrogen and oxygen atoms in total. The molecule has 2 aliphatic heterocycles. The van der Waals surface area contributed by atoms with E-state index in [-0.39, 0.29) is 12.5 Å². The van der Waals surface area contributed by atoms with Crippen LogP contribution in [0.4, 0.5) is 0 Å². The largest absolute Gasteiger partial charge is 0.357 e. The Balaban J connectivity index is 1.40. The molecule has 7 heteroatoms. The second-order valence-corrected chi connectivity index (χ2v) is 8.67. The number of aliphatic imine (C=N–C) groups is 1. The molecule has 1 saturated heterocycles. The normalized spacial score (nSPS) is 18.5. The fourth-order valence-corrected chi connectivity index (χ4v) is 4.81. The SMILES string of the molecule is CCNC(=NCC(=O)N1CCc2sccc2C1)NCCCN1CCCCCC1. The molecular formula is C21H35N5OS. The molecule has 3 heterocycles. The highest BCUT2D eigenvalue weighted by Gasteiger charge is 2.21. The summed E-state index contributed by atoms with van der Waals surface area (Å²) in [5, 5.41) is 8.77. The van der Waals surface area contributed by atoms with Crippen molar-refractivity contribution in [3.63, 3.8) is 0 Å². The maximum Gasteiger partial charge on any atom is 0.244 e.